The van der Waals surface area contributed by atoms with Gasteiger partial charge in [0.2, 0.25) is 0 Å². The van der Waals surface area contributed by atoms with Crippen LogP contribution in [0.15, 0.2) is 47.1 Å². The first-order chi connectivity index (χ1) is 11.1. The van der Waals surface area contributed by atoms with E-state index in [1.165, 1.54) is 0 Å². The van der Waals surface area contributed by atoms with E-state index in [2.05, 4.69) is 26.2 Å². The van der Waals surface area contributed by atoms with Gasteiger partial charge in [-0.2, -0.15) is 0 Å². The molecule has 0 saturated carbocycles. The second-order valence-electron chi connectivity index (χ2n) is 5.03. The van der Waals surface area contributed by atoms with Gasteiger partial charge in [0.25, 0.3) is 5.91 Å². The molecule has 23 heavy (non-hydrogen) atoms. The number of amides is 1. The molecule has 2 aromatic heterocycles. The molecule has 0 atom stereocenters. The highest BCUT2D eigenvalue weighted by Gasteiger charge is 2.17. The van der Waals surface area contributed by atoms with Crippen molar-refractivity contribution >= 4 is 33.2 Å². The van der Waals surface area contributed by atoms with Crippen molar-refractivity contribution in [1.82, 2.24) is 9.38 Å². The molecule has 0 saturated heterocycles. The quantitative estimate of drug-likeness (QED) is 0.750. The molecule has 1 N–H and O–H groups in total. The molecule has 6 heteroatoms. The van der Waals surface area contributed by atoms with Gasteiger partial charge >= 0.3 is 0 Å². The molecule has 3 aromatic rings. The summed E-state index contributed by atoms with van der Waals surface area (Å²) in [5.41, 5.74) is 2.66. The largest absolute Gasteiger partial charge is 0.494 e. The minimum Gasteiger partial charge on any atom is -0.494 e. The number of imidazole rings is 1. The number of carbonyl (C=O) groups excluding carboxylic acids is 1. The Morgan fingerprint density at radius 3 is 2.70 bits per heavy atom. The van der Waals surface area contributed by atoms with Crippen LogP contribution in [0.25, 0.3) is 5.65 Å². The minimum absolute atomic E-state index is 0.197. The molecule has 0 fully saturated rings. The number of hydrogen-bond acceptors (Lipinski definition) is 3. The Kier molecular flexibility index (Phi) is 4.34. The number of hydrogen-bond donors (Lipinski definition) is 1. The summed E-state index contributed by atoms with van der Waals surface area (Å²) in [4.78, 5) is 17.0. The number of ether oxygens (including phenoxy) is 1. The van der Waals surface area contributed by atoms with E-state index in [9.17, 15) is 4.79 Å². The number of aryl methyl sites for hydroxylation is 1. The monoisotopic (exact) mass is 373 g/mol. The lowest BCUT2D eigenvalue weighted by molar-refractivity contribution is 0.102. The molecule has 0 radical (unpaired) electrons. The minimum atomic E-state index is -0.197. The number of pyridine rings is 1. The molecule has 118 valence electrons. The lowest BCUT2D eigenvalue weighted by Gasteiger charge is -2.08. The molecule has 0 aliphatic heterocycles. The highest BCUT2D eigenvalue weighted by molar-refractivity contribution is 9.10. The van der Waals surface area contributed by atoms with E-state index >= 15 is 0 Å². The number of nitrogens with one attached hydrogen (secondary N) is 1. The zero-order chi connectivity index (χ0) is 16.4. The summed E-state index contributed by atoms with van der Waals surface area (Å²) in [6.45, 7) is 4.37. The molecule has 1 aromatic carbocycles. The zero-order valence-electron chi connectivity index (χ0n) is 12.8. The maximum Gasteiger partial charge on any atom is 0.274 e. The van der Waals surface area contributed by atoms with Gasteiger partial charge in [0.05, 0.1) is 12.3 Å². The molecule has 0 spiro atoms. The van der Waals surface area contributed by atoms with Crippen LogP contribution in [0, 0.1) is 6.92 Å². The highest BCUT2D eigenvalue weighted by atomic mass is 79.9. The van der Waals surface area contributed by atoms with Crippen LogP contribution < -0.4 is 10.1 Å². The average Bonchev–Trinajstić information content (AvgIpc) is 2.84. The SMILES string of the molecule is CCOc1ccc(NC(=O)c2c(C)nc3ccc(Br)cn23)cc1. The number of fused-ring (bicyclic) bond motifs is 1. The Bertz CT molecular complexity index is 856. The van der Waals surface area contributed by atoms with Crippen LogP contribution in [0.3, 0.4) is 0 Å². The van der Waals surface area contributed by atoms with E-state index < -0.39 is 0 Å². The van der Waals surface area contributed by atoms with E-state index in [4.69, 9.17) is 4.74 Å². The summed E-state index contributed by atoms with van der Waals surface area (Å²) >= 11 is 3.42. The van der Waals surface area contributed by atoms with Crippen molar-refractivity contribution in [1.29, 1.82) is 0 Å². The van der Waals surface area contributed by atoms with E-state index in [1.54, 1.807) is 4.40 Å². The first-order valence-electron chi connectivity index (χ1n) is 7.27. The fourth-order valence-corrected chi connectivity index (χ4v) is 2.74. The maximum absolute atomic E-state index is 12.6. The summed E-state index contributed by atoms with van der Waals surface area (Å²) < 4.78 is 8.06. The van der Waals surface area contributed by atoms with Crippen molar-refractivity contribution < 1.29 is 9.53 Å². The van der Waals surface area contributed by atoms with Gasteiger partial charge in [-0.1, -0.05) is 0 Å². The third kappa shape index (κ3) is 3.22. The molecule has 0 aliphatic carbocycles. The van der Waals surface area contributed by atoms with Gasteiger partial charge in [0.15, 0.2) is 0 Å². The second-order valence-corrected chi connectivity index (χ2v) is 5.95. The Hall–Kier alpha value is -2.34. The Balaban J connectivity index is 1.88. The van der Waals surface area contributed by atoms with Crippen molar-refractivity contribution in [2.45, 2.75) is 13.8 Å². The topological polar surface area (TPSA) is 55.6 Å². The number of carbonyl (C=O) groups is 1. The molecule has 2 heterocycles. The van der Waals surface area contributed by atoms with Gasteiger partial charge in [-0.3, -0.25) is 9.20 Å². The highest BCUT2D eigenvalue weighted by Crippen LogP contribution is 2.20. The van der Waals surface area contributed by atoms with E-state index in [1.807, 2.05) is 56.4 Å². The van der Waals surface area contributed by atoms with Crippen molar-refractivity contribution in [3.8, 4) is 5.75 Å². The number of benzene rings is 1. The van der Waals surface area contributed by atoms with Gasteiger partial charge in [0.1, 0.15) is 17.1 Å². The number of rotatable bonds is 4. The van der Waals surface area contributed by atoms with Gasteiger partial charge < -0.3 is 10.1 Å². The fourth-order valence-electron chi connectivity index (χ4n) is 2.40. The van der Waals surface area contributed by atoms with Gasteiger partial charge in [-0.05, 0) is 66.2 Å². The Morgan fingerprint density at radius 1 is 1.26 bits per heavy atom. The summed E-state index contributed by atoms with van der Waals surface area (Å²) in [5.74, 6) is 0.581. The summed E-state index contributed by atoms with van der Waals surface area (Å²) in [7, 11) is 0. The van der Waals surface area contributed by atoms with Crippen LogP contribution >= 0.6 is 15.9 Å². The van der Waals surface area contributed by atoms with E-state index in [0.717, 1.165) is 15.9 Å². The van der Waals surface area contributed by atoms with Crippen LogP contribution in [0.4, 0.5) is 5.69 Å². The number of halogens is 1. The van der Waals surface area contributed by atoms with Crippen LogP contribution in [-0.2, 0) is 0 Å². The second kappa shape index (κ2) is 6.42. The van der Waals surface area contributed by atoms with E-state index in [-0.39, 0.29) is 5.91 Å². The molecular weight excluding hydrogens is 358 g/mol. The van der Waals surface area contributed by atoms with Gasteiger partial charge in [0, 0.05) is 16.4 Å². The molecular formula is C17H16BrN3O2. The summed E-state index contributed by atoms with van der Waals surface area (Å²) in [5, 5.41) is 2.90. The molecule has 1 amide bonds. The molecule has 3 rings (SSSR count). The van der Waals surface area contributed by atoms with Crippen molar-refractivity contribution in [2.75, 3.05) is 11.9 Å². The van der Waals surface area contributed by atoms with E-state index in [0.29, 0.717) is 23.7 Å². The number of aromatic nitrogens is 2. The predicted molar refractivity (Wildman–Crippen MR) is 93.2 cm³/mol. The van der Waals surface area contributed by atoms with Crippen molar-refractivity contribution in [2.24, 2.45) is 0 Å². The Labute approximate surface area is 142 Å². The van der Waals surface area contributed by atoms with Gasteiger partial charge in [-0.25, -0.2) is 4.98 Å². The predicted octanol–water partition coefficient (Wildman–Crippen LogP) is 4.06. The summed E-state index contributed by atoms with van der Waals surface area (Å²) in [6, 6.07) is 11.1. The van der Waals surface area contributed by atoms with Crippen molar-refractivity contribution in [3.63, 3.8) is 0 Å². The number of nitrogens with zero attached hydrogens (tertiary/aromatic N) is 2. The zero-order valence-corrected chi connectivity index (χ0v) is 14.4. The van der Waals surface area contributed by atoms with Crippen LogP contribution in [0.1, 0.15) is 23.1 Å². The maximum atomic E-state index is 12.6. The standard InChI is InChI=1S/C17H16BrN3O2/c1-3-23-14-7-5-13(6-8-14)20-17(22)16-11(2)19-15-9-4-12(18)10-21(15)16/h4-10H,3H2,1-2H3,(H,20,22). The lowest BCUT2D eigenvalue weighted by Crippen LogP contribution is -2.15. The first-order valence-corrected chi connectivity index (χ1v) is 8.06. The van der Waals surface area contributed by atoms with Gasteiger partial charge in [-0.15, -0.1) is 0 Å². The molecule has 0 bridgehead atoms. The average molecular weight is 374 g/mol. The third-order valence-corrected chi connectivity index (χ3v) is 3.86. The van der Waals surface area contributed by atoms with Crippen LogP contribution in [0.2, 0.25) is 0 Å². The lowest BCUT2D eigenvalue weighted by atomic mass is 10.2. The van der Waals surface area contributed by atoms with Crippen LogP contribution in [0.5, 0.6) is 5.75 Å². The molecule has 0 unspecified atom stereocenters. The normalized spacial score (nSPS) is 10.7. The first kappa shape index (κ1) is 15.6. The Morgan fingerprint density at radius 2 is 2.00 bits per heavy atom. The smallest absolute Gasteiger partial charge is 0.274 e. The van der Waals surface area contributed by atoms with Crippen molar-refractivity contribution in [3.05, 3.63) is 58.5 Å². The molecule has 5 nitrogen and oxygen atoms in total. The molecule has 0 aliphatic rings. The fraction of sp³-hybridized carbons (Fsp3) is 0.176. The van der Waals surface area contributed by atoms with Crippen LogP contribution in [-0.4, -0.2) is 21.9 Å². The number of anilines is 1. The summed E-state index contributed by atoms with van der Waals surface area (Å²) in [6.07, 6.45) is 1.84. The third-order valence-electron chi connectivity index (χ3n) is 3.40.